The van der Waals surface area contributed by atoms with Gasteiger partial charge in [-0.1, -0.05) is 30.4 Å². The van der Waals surface area contributed by atoms with Gasteiger partial charge < -0.3 is 5.32 Å². The van der Waals surface area contributed by atoms with Gasteiger partial charge in [0, 0.05) is 11.9 Å². The van der Waals surface area contributed by atoms with E-state index in [1.807, 2.05) is 61.7 Å². The van der Waals surface area contributed by atoms with Crippen molar-refractivity contribution in [3.05, 3.63) is 54.8 Å². The average Bonchev–Trinajstić information content (AvgIpc) is 2.14. The summed E-state index contributed by atoms with van der Waals surface area (Å²) in [4.78, 5) is 0. The minimum atomic E-state index is 1.11. The Kier molecular flexibility index (Phi) is 3.72. The fraction of sp³-hybridized carbons (Fsp3) is 0.0909. The van der Waals surface area contributed by atoms with Crippen LogP contribution in [0.15, 0.2) is 54.8 Å². The number of nitrogens with one attached hydrogen (secondary N) is 1. The van der Waals surface area contributed by atoms with Crippen LogP contribution in [0.1, 0.15) is 6.92 Å². The van der Waals surface area contributed by atoms with E-state index in [2.05, 4.69) is 5.32 Å². The molecular formula is C11H13N. The zero-order valence-corrected chi connectivity index (χ0v) is 7.20. The van der Waals surface area contributed by atoms with Crippen molar-refractivity contribution in [3.63, 3.8) is 0 Å². The first-order valence-electron chi connectivity index (χ1n) is 4.03. The molecule has 0 amide bonds. The van der Waals surface area contributed by atoms with E-state index >= 15 is 0 Å². The van der Waals surface area contributed by atoms with Crippen LogP contribution in [0.2, 0.25) is 0 Å². The quantitative estimate of drug-likeness (QED) is 0.668. The van der Waals surface area contributed by atoms with Crippen molar-refractivity contribution in [2.75, 3.05) is 5.32 Å². The van der Waals surface area contributed by atoms with E-state index in [0.717, 1.165) is 5.69 Å². The van der Waals surface area contributed by atoms with Crippen molar-refractivity contribution in [3.8, 4) is 0 Å². The summed E-state index contributed by atoms with van der Waals surface area (Å²) in [6.45, 7) is 1.99. The van der Waals surface area contributed by atoms with Crippen LogP contribution in [-0.4, -0.2) is 0 Å². The monoisotopic (exact) mass is 159 g/mol. The Morgan fingerprint density at radius 1 is 1.08 bits per heavy atom. The van der Waals surface area contributed by atoms with E-state index in [1.54, 1.807) is 0 Å². The lowest BCUT2D eigenvalue weighted by atomic mass is 10.3. The molecule has 1 N–H and O–H groups in total. The summed E-state index contributed by atoms with van der Waals surface area (Å²) >= 11 is 0. The molecule has 1 nitrogen and oxygen atoms in total. The van der Waals surface area contributed by atoms with Crippen LogP contribution in [0.3, 0.4) is 0 Å². The van der Waals surface area contributed by atoms with Gasteiger partial charge in [0.2, 0.25) is 0 Å². The van der Waals surface area contributed by atoms with Crippen LogP contribution in [0, 0.1) is 0 Å². The summed E-state index contributed by atoms with van der Waals surface area (Å²) in [5.41, 5.74) is 1.11. The first-order chi connectivity index (χ1) is 5.93. The molecule has 1 heteroatoms. The Hall–Kier alpha value is -1.50. The fourth-order valence-corrected chi connectivity index (χ4v) is 0.845. The molecule has 1 rings (SSSR count). The second-order valence-electron chi connectivity index (χ2n) is 2.40. The highest BCUT2D eigenvalue weighted by atomic mass is 14.8. The van der Waals surface area contributed by atoms with E-state index in [4.69, 9.17) is 0 Å². The van der Waals surface area contributed by atoms with Crippen molar-refractivity contribution in [1.82, 2.24) is 0 Å². The van der Waals surface area contributed by atoms with E-state index < -0.39 is 0 Å². The third-order valence-corrected chi connectivity index (χ3v) is 1.42. The Labute approximate surface area is 73.4 Å². The third-order valence-electron chi connectivity index (χ3n) is 1.42. The van der Waals surface area contributed by atoms with Gasteiger partial charge in [0.25, 0.3) is 0 Å². The van der Waals surface area contributed by atoms with Crippen molar-refractivity contribution in [2.24, 2.45) is 0 Å². The first kappa shape index (κ1) is 8.60. The Morgan fingerprint density at radius 3 is 2.50 bits per heavy atom. The summed E-state index contributed by atoms with van der Waals surface area (Å²) in [6.07, 6.45) is 7.85. The number of anilines is 1. The van der Waals surface area contributed by atoms with Crippen molar-refractivity contribution in [2.45, 2.75) is 6.92 Å². The molecule has 0 aliphatic heterocycles. The Bertz CT molecular complexity index is 260. The van der Waals surface area contributed by atoms with Crippen molar-refractivity contribution < 1.29 is 0 Å². The van der Waals surface area contributed by atoms with Crippen molar-refractivity contribution >= 4 is 5.69 Å². The second kappa shape index (κ2) is 5.19. The predicted octanol–water partition coefficient (Wildman–Crippen LogP) is 3.19. The van der Waals surface area contributed by atoms with Gasteiger partial charge in [0.05, 0.1) is 0 Å². The minimum absolute atomic E-state index is 1.11. The zero-order chi connectivity index (χ0) is 8.65. The molecule has 0 saturated heterocycles. The molecule has 12 heavy (non-hydrogen) atoms. The molecule has 0 unspecified atom stereocenters. The highest BCUT2D eigenvalue weighted by molar-refractivity contribution is 5.45. The Morgan fingerprint density at radius 2 is 1.83 bits per heavy atom. The smallest absolute Gasteiger partial charge is 0.0379 e. The lowest BCUT2D eigenvalue weighted by Crippen LogP contribution is -1.84. The number of allylic oxidation sites excluding steroid dienone is 3. The van der Waals surface area contributed by atoms with Crippen LogP contribution in [0.25, 0.3) is 0 Å². The normalized spacial score (nSPS) is 11.1. The number of hydrogen-bond donors (Lipinski definition) is 1. The topological polar surface area (TPSA) is 12.0 Å². The van der Waals surface area contributed by atoms with Gasteiger partial charge in [-0.05, 0) is 25.1 Å². The van der Waals surface area contributed by atoms with E-state index in [9.17, 15) is 0 Å². The largest absolute Gasteiger partial charge is 0.362 e. The Balaban J connectivity index is 2.43. The van der Waals surface area contributed by atoms with E-state index in [1.165, 1.54) is 0 Å². The van der Waals surface area contributed by atoms with Gasteiger partial charge in [-0.3, -0.25) is 0 Å². The molecule has 0 atom stereocenters. The maximum atomic E-state index is 3.15. The third kappa shape index (κ3) is 3.06. The van der Waals surface area contributed by atoms with E-state index in [-0.39, 0.29) is 0 Å². The molecule has 0 aliphatic carbocycles. The van der Waals surface area contributed by atoms with Crippen LogP contribution < -0.4 is 5.32 Å². The summed E-state index contributed by atoms with van der Waals surface area (Å²) in [5, 5.41) is 3.15. The van der Waals surface area contributed by atoms with Gasteiger partial charge in [0.15, 0.2) is 0 Å². The molecule has 0 heterocycles. The molecule has 0 radical (unpaired) electrons. The van der Waals surface area contributed by atoms with Gasteiger partial charge >= 0.3 is 0 Å². The standard InChI is InChI=1S/C11H13N/c1-2-3-7-10-12-11-8-5-4-6-9-11/h2-10,12H,1H3/b3-2+,10-7+. The van der Waals surface area contributed by atoms with E-state index in [0.29, 0.717) is 0 Å². The number of hydrogen-bond acceptors (Lipinski definition) is 1. The van der Waals surface area contributed by atoms with Gasteiger partial charge in [-0.25, -0.2) is 0 Å². The number of rotatable bonds is 3. The molecule has 1 aromatic carbocycles. The predicted molar refractivity (Wildman–Crippen MR) is 54.0 cm³/mol. The van der Waals surface area contributed by atoms with Crippen molar-refractivity contribution in [1.29, 1.82) is 0 Å². The number of para-hydroxylation sites is 1. The lowest BCUT2D eigenvalue weighted by Gasteiger charge is -1.96. The molecule has 1 aromatic rings. The van der Waals surface area contributed by atoms with Gasteiger partial charge in [-0.2, -0.15) is 0 Å². The minimum Gasteiger partial charge on any atom is -0.362 e. The number of benzene rings is 1. The zero-order valence-electron chi connectivity index (χ0n) is 7.20. The highest BCUT2D eigenvalue weighted by Crippen LogP contribution is 2.03. The molecule has 0 aromatic heterocycles. The molecule has 62 valence electrons. The van der Waals surface area contributed by atoms with Crippen LogP contribution in [0.5, 0.6) is 0 Å². The van der Waals surface area contributed by atoms with Gasteiger partial charge in [0.1, 0.15) is 0 Å². The molecule has 0 spiro atoms. The molecule has 0 aliphatic rings. The second-order valence-corrected chi connectivity index (χ2v) is 2.40. The van der Waals surface area contributed by atoms with Crippen LogP contribution in [0.4, 0.5) is 5.69 Å². The first-order valence-corrected chi connectivity index (χ1v) is 4.03. The van der Waals surface area contributed by atoms with Crippen LogP contribution in [-0.2, 0) is 0 Å². The molecule has 0 fully saturated rings. The molecule has 0 bridgehead atoms. The summed E-state index contributed by atoms with van der Waals surface area (Å²) in [5.74, 6) is 0. The molecular weight excluding hydrogens is 146 g/mol. The molecule has 0 saturated carbocycles. The maximum Gasteiger partial charge on any atom is 0.0379 e. The maximum absolute atomic E-state index is 3.15. The van der Waals surface area contributed by atoms with Crippen LogP contribution >= 0.6 is 0 Å². The fourth-order valence-electron chi connectivity index (χ4n) is 0.845. The lowest BCUT2D eigenvalue weighted by molar-refractivity contribution is 1.58. The van der Waals surface area contributed by atoms with Gasteiger partial charge in [-0.15, -0.1) is 0 Å². The highest BCUT2D eigenvalue weighted by Gasteiger charge is 1.81. The summed E-state index contributed by atoms with van der Waals surface area (Å²) in [6, 6.07) is 10.1. The summed E-state index contributed by atoms with van der Waals surface area (Å²) < 4.78 is 0. The SMILES string of the molecule is C/C=C/C=C/Nc1ccccc1. The summed E-state index contributed by atoms with van der Waals surface area (Å²) in [7, 11) is 0. The average molecular weight is 159 g/mol.